The summed E-state index contributed by atoms with van der Waals surface area (Å²) in [6.45, 7) is 18.5. The van der Waals surface area contributed by atoms with Crippen molar-refractivity contribution in [1.82, 2.24) is 4.90 Å². The van der Waals surface area contributed by atoms with Crippen LogP contribution in [-0.2, 0) is 4.74 Å². The van der Waals surface area contributed by atoms with E-state index in [1.807, 2.05) is 12.1 Å². The average Bonchev–Trinajstić information content (AvgIpc) is 3.48. The molecule has 6 heteroatoms. The third kappa shape index (κ3) is 7.55. The number of ether oxygens (including phenoxy) is 4. The minimum absolute atomic E-state index is 0.197. The Morgan fingerprint density at radius 2 is 1.65 bits per heavy atom. The molecule has 0 amide bonds. The van der Waals surface area contributed by atoms with Gasteiger partial charge in [-0.15, -0.1) is 5.54 Å². The number of nitrogens with zero attached hydrogens (tertiary/aromatic N) is 1. The number of fused-ring (bicyclic) bond motifs is 1. The van der Waals surface area contributed by atoms with Gasteiger partial charge in [0.2, 0.25) is 0 Å². The Kier molecular flexibility index (Phi) is 9.39. The Labute approximate surface area is 276 Å². The van der Waals surface area contributed by atoms with Crippen LogP contribution >= 0.6 is 0 Å². The Morgan fingerprint density at radius 1 is 0.913 bits per heavy atom. The predicted octanol–water partition coefficient (Wildman–Crippen LogP) is 9.34. The maximum atomic E-state index is 6.84. The molecular formula is C40H49NO4Si. The first-order valence-electron chi connectivity index (χ1n) is 16.9. The van der Waals surface area contributed by atoms with E-state index >= 15 is 0 Å². The Balaban J connectivity index is 1.32. The topological polar surface area (TPSA) is 40.2 Å². The first-order chi connectivity index (χ1) is 21.9. The van der Waals surface area contributed by atoms with E-state index in [1.54, 1.807) is 0 Å². The van der Waals surface area contributed by atoms with Crippen molar-refractivity contribution in [1.29, 1.82) is 0 Å². The normalized spacial score (nSPS) is 22.0. The zero-order valence-corrected chi connectivity index (χ0v) is 29.6. The van der Waals surface area contributed by atoms with Crippen LogP contribution in [0.15, 0.2) is 66.7 Å². The SMILES string of the molecule is CC1=C(c2ccc(C#C[Si](C)(C)C)cc2)[C@H](c2ccc(OC(C)(C)N3CC[C@@H](C)C3)cc2)Oc2ccc(OC3CCCCO3)cc21. The van der Waals surface area contributed by atoms with Crippen LogP contribution in [0.2, 0.25) is 19.6 Å². The fraction of sp³-hybridized carbons (Fsp3) is 0.450. The van der Waals surface area contributed by atoms with Crippen molar-refractivity contribution in [3.63, 3.8) is 0 Å². The van der Waals surface area contributed by atoms with Gasteiger partial charge in [-0.05, 0) is 105 Å². The molecule has 0 radical (unpaired) electrons. The molecule has 0 aromatic heterocycles. The van der Waals surface area contributed by atoms with Gasteiger partial charge in [0.25, 0.3) is 0 Å². The van der Waals surface area contributed by atoms with Gasteiger partial charge in [-0.2, -0.15) is 0 Å². The van der Waals surface area contributed by atoms with Gasteiger partial charge in [0.15, 0.2) is 12.0 Å². The van der Waals surface area contributed by atoms with Crippen LogP contribution in [-0.4, -0.2) is 44.7 Å². The number of benzene rings is 3. The second-order valence-corrected chi connectivity index (χ2v) is 19.4. The first-order valence-corrected chi connectivity index (χ1v) is 20.4. The van der Waals surface area contributed by atoms with E-state index in [1.165, 1.54) is 12.0 Å². The quantitative estimate of drug-likeness (QED) is 0.191. The third-order valence-electron chi connectivity index (χ3n) is 9.19. The molecule has 3 atom stereocenters. The first kappa shape index (κ1) is 32.4. The molecule has 3 aromatic carbocycles. The number of hydrogen-bond donors (Lipinski definition) is 0. The van der Waals surface area contributed by atoms with Crippen LogP contribution in [0.25, 0.3) is 11.1 Å². The van der Waals surface area contributed by atoms with E-state index in [9.17, 15) is 0 Å². The highest BCUT2D eigenvalue weighted by atomic mass is 28.3. The van der Waals surface area contributed by atoms with Crippen molar-refractivity contribution >= 4 is 19.2 Å². The maximum Gasteiger partial charge on any atom is 0.199 e. The van der Waals surface area contributed by atoms with Gasteiger partial charge in [0.1, 0.15) is 31.4 Å². The molecule has 6 rings (SSSR count). The monoisotopic (exact) mass is 635 g/mol. The number of allylic oxidation sites excluding steroid dienone is 1. The molecule has 3 heterocycles. The summed E-state index contributed by atoms with van der Waals surface area (Å²) in [5.74, 6) is 6.62. The molecule has 2 fully saturated rings. The fourth-order valence-electron chi connectivity index (χ4n) is 6.54. The Bertz CT molecular complexity index is 1620. The highest BCUT2D eigenvalue weighted by Crippen LogP contribution is 2.48. The average molecular weight is 636 g/mol. The van der Waals surface area contributed by atoms with Crippen molar-refractivity contribution in [2.45, 2.75) is 91.1 Å². The largest absolute Gasteiger partial charge is 0.480 e. The van der Waals surface area contributed by atoms with Gasteiger partial charge in [0, 0.05) is 36.2 Å². The standard InChI is InChI=1S/C40H49NO4Si/c1-28-21-23-41(27-28)40(3,4)45-33-17-15-32(16-18-33)39-38(31-13-11-30(12-14-31)22-25-46(5,6)7)29(2)35-26-34(19-20-36(35)44-39)43-37-10-8-9-24-42-37/h11-20,26,28,37,39H,8-10,21,23-24,27H2,1-7H3/t28-,37?,39+/m1/s1. The lowest BCUT2D eigenvalue weighted by Gasteiger charge is -2.36. The molecule has 0 saturated carbocycles. The minimum Gasteiger partial charge on any atom is -0.480 e. The molecule has 0 aliphatic carbocycles. The molecule has 2 saturated heterocycles. The van der Waals surface area contributed by atoms with Crippen molar-refractivity contribution in [3.05, 3.63) is 89.0 Å². The van der Waals surface area contributed by atoms with E-state index in [-0.39, 0.29) is 18.1 Å². The lowest BCUT2D eigenvalue weighted by atomic mass is 9.86. The summed E-state index contributed by atoms with van der Waals surface area (Å²) in [5.41, 5.74) is 9.73. The van der Waals surface area contributed by atoms with E-state index in [0.717, 1.165) is 84.0 Å². The van der Waals surface area contributed by atoms with Crippen molar-refractivity contribution in [2.75, 3.05) is 19.7 Å². The lowest BCUT2D eigenvalue weighted by molar-refractivity contribution is -0.105. The summed E-state index contributed by atoms with van der Waals surface area (Å²) >= 11 is 0. The summed E-state index contributed by atoms with van der Waals surface area (Å²) in [6, 6.07) is 23.2. The van der Waals surface area contributed by atoms with Crippen LogP contribution in [0, 0.1) is 17.4 Å². The molecule has 3 aliphatic heterocycles. The summed E-state index contributed by atoms with van der Waals surface area (Å²) in [7, 11) is -1.47. The fourth-order valence-corrected chi connectivity index (χ4v) is 7.06. The van der Waals surface area contributed by atoms with Crippen molar-refractivity contribution < 1.29 is 18.9 Å². The zero-order chi connectivity index (χ0) is 32.5. The Hall–Kier alpha value is -3.50. The zero-order valence-electron chi connectivity index (χ0n) is 28.6. The Morgan fingerprint density at radius 3 is 2.30 bits per heavy atom. The molecule has 3 aliphatic rings. The van der Waals surface area contributed by atoms with Gasteiger partial charge in [-0.3, -0.25) is 4.90 Å². The van der Waals surface area contributed by atoms with Crippen molar-refractivity contribution in [3.8, 4) is 28.7 Å². The van der Waals surface area contributed by atoms with Gasteiger partial charge in [0.05, 0.1) is 6.61 Å². The third-order valence-corrected chi connectivity index (χ3v) is 10.1. The molecule has 1 unspecified atom stereocenters. The van der Waals surface area contributed by atoms with E-state index in [2.05, 4.69) is 118 Å². The number of likely N-dealkylation sites (tertiary alicyclic amines) is 1. The molecule has 5 nitrogen and oxygen atoms in total. The number of rotatable bonds is 7. The summed E-state index contributed by atoms with van der Waals surface area (Å²) in [6.07, 6.45) is 3.88. The molecule has 0 spiro atoms. The highest BCUT2D eigenvalue weighted by Gasteiger charge is 2.34. The molecule has 3 aromatic rings. The van der Waals surface area contributed by atoms with E-state index < -0.39 is 8.07 Å². The van der Waals surface area contributed by atoms with Gasteiger partial charge >= 0.3 is 0 Å². The van der Waals surface area contributed by atoms with Crippen LogP contribution in [0.4, 0.5) is 0 Å². The van der Waals surface area contributed by atoms with Crippen LogP contribution in [0.1, 0.15) is 81.7 Å². The second kappa shape index (κ2) is 13.3. The molecular weight excluding hydrogens is 587 g/mol. The van der Waals surface area contributed by atoms with E-state index in [4.69, 9.17) is 18.9 Å². The van der Waals surface area contributed by atoms with Crippen LogP contribution in [0.5, 0.6) is 17.2 Å². The summed E-state index contributed by atoms with van der Waals surface area (Å²) in [4.78, 5) is 2.44. The summed E-state index contributed by atoms with van der Waals surface area (Å²) in [5, 5.41) is 0. The van der Waals surface area contributed by atoms with Gasteiger partial charge < -0.3 is 18.9 Å². The minimum atomic E-state index is -1.47. The number of hydrogen-bond acceptors (Lipinski definition) is 5. The van der Waals surface area contributed by atoms with Crippen LogP contribution in [0.3, 0.4) is 0 Å². The van der Waals surface area contributed by atoms with E-state index in [0.29, 0.717) is 5.92 Å². The molecule has 0 bridgehead atoms. The lowest BCUT2D eigenvalue weighted by Crippen LogP contribution is -2.47. The van der Waals surface area contributed by atoms with Crippen molar-refractivity contribution in [2.24, 2.45) is 5.92 Å². The van der Waals surface area contributed by atoms with Crippen LogP contribution < -0.4 is 14.2 Å². The molecule has 242 valence electrons. The molecule has 46 heavy (non-hydrogen) atoms. The maximum absolute atomic E-state index is 6.84. The van der Waals surface area contributed by atoms with Gasteiger partial charge in [-0.1, -0.05) is 56.8 Å². The molecule has 0 N–H and O–H groups in total. The summed E-state index contributed by atoms with van der Waals surface area (Å²) < 4.78 is 25.5. The predicted molar refractivity (Wildman–Crippen MR) is 190 cm³/mol. The second-order valence-electron chi connectivity index (χ2n) is 14.6. The smallest absolute Gasteiger partial charge is 0.199 e. The highest BCUT2D eigenvalue weighted by molar-refractivity contribution is 6.83. The van der Waals surface area contributed by atoms with Gasteiger partial charge in [-0.25, -0.2) is 0 Å².